The highest BCUT2D eigenvalue weighted by Crippen LogP contribution is 2.22. The number of aryl methyl sites for hydroxylation is 1. The Morgan fingerprint density at radius 2 is 2.00 bits per heavy atom. The Balaban J connectivity index is 1.99. The van der Waals surface area contributed by atoms with Crippen molar-refractivity contribution in [3.63, 3.8) is 0 Å². The second kappa shape index (κ2) is 7.26. The van der Waals surface area contributed by atoms with E-state index in [0.29, 0.717) is 19.4 Å². The van der Waals surface area contributed by atoms with E-state index in [1.54, 1.807) is 4.90 Å². The average molecular weight is 318 g/mol. The number of carboxylic acid groups (broad SMARTS) is 1. The topological polar surface area (TPSA) is 86.7 Å². The Bertz CT molecular complexity index is 597. The maximum atomic E-state index is 12.3. The minimum absolute atomic E-state index is 0.0444. The van der Waals surface area contributed by atoms with Gasteiger partial charge in [-0.15, -0.1) is 0 Å². The lowest BCUT2D eigenvalue weighted by Gasteiger charge is -2.24. The van der Waals surface area contributed by atoms with Crippen molar-refractivity contribution in [2.24, 2.45) is 5.92 Å². The van der Waals surface area contributed by atoms with Gasteiger partial charge in [0, 0.05) is 19.5 Å². The maximum absolute atomic E-state index is 12.3. The van der Waals surface area contributed by atoms with Crippen molar-refractivity contribution in [2.75, 3.05) is 6.54 Å². The van der Waals surface area contributed by atoms with E-state index in [-0.39, 0.29) is 18.4 Å². The molecular weight excluding hydrogens is 296 g/mol. The third-order valence-electron chi connectivity index (χ3n) is 4.11. The summed E-state index contributed by atoms with van der Waals surface area (Å²) in [5.74, 6) is -1.93. The van der Waals surface area contributed by atoms with Crippen LogP contribution in [0, 0.1) is 12.8 Å². The van der Waals surface area contributed by atoms with Gasteiger partial charge in [-0.1, -0.05) is 36.8 Å². The molecule has 1 saturated heterocycles. The molecule has 1 heterocycles. The highest BCUT2D eigenvalue weighted by Gasteiger charge is 2.36. The first-order chi connectivity index (χ1) is 10.9. The largest absolute Gasteiger partial charge is 0.481 e. The first-order valence-corrected chi connectivity index (χ1v) is 7.74. The summed E-state index contributed by atoms with van der Waals surface area (Å²) < 4.78 is 0. The van der Waals surface area contributed by atoms with Crippen molar-refractivity contribution in [3.05, 3.63) is 35.4 Å². The molecule has 2 atom stereocenters. The van der Waals surface area contributed by atoms with Gasteiger partial charge in [-0.3, -0.25) is 14.4 Å². The smallest absolute Gasteiger partial charge is 0.308 e. The molecule has 1 fully saturated rings. The van der Waals surface area contributed by atoms with Crippen LogP contribution in [-0.2, 0) is 20.9 Å². The van der Waals surface area contributed by atoms with Crippen LogP contribution in [0.1, 0.15) is 30.9 Å². The number of benzene rings is 1. The molecule has 124 valence electrons. The molecule has 0 radical (unpaired) electrons. The molecule has 1 aromatic rings. The minimum atomic E-state index is -0.954. The Labute approximate surface area is 135 Å². The van der Waals surface area contributed by atoms with Crippen LogP contribution in [0.2, 0.25) is 0 Å². The van der Waals surface area contributed by atoms with Crippen molar-refractivity contribution >= 4 is 17.8 Å². The van der Waals surface area contributed by atoms with E-state index in [9.17, 15) is 14.4 Å². The molecule has 2 unspecified atom stereocenters. The number of carbonyl (C=O) groups is 3. The predicted octanol–water partition coefficient (Wildman–Crippen LogP) is 1.32. The fraction of sp³-hybridized carbons (Fsp3) is 0.471. The lowest BCUT2D eigenvalue weighted by Crippen LogP contribution is -2.45. The van der Waals surface area contributed by atoms with E-state index < -0.39 is 17.9 Å². The number of nitrogens with one attached hydrogen (secondary N) is 1. The highest BCUT2D eigenvalue weighted by atomic mass is 16.4. The number of likely N-dealkylation sites (tertiary alicyclic amines) is 1. The third kappa shape index (κ3) is 4.31. The van der Waals surface area contributed by atoms with E-state index in [1.807, 2.05) is 31.2 Å². The first-order valence-electron chi connectivity index (χ1n) is 7.74. The molecule has 2 rings (SSSR count). The Kier molecular flexibility index (Phi) is 5.36. The van der Waals surface area contributed by atoms with E-state index in [2.05, 4.69) is 5.32 Å². The molecule has 2 N–H and O–H groups in total. The van der Waals surface area contributed by atoms with Crippen molar-refractivity contribution < 1.29 is 19.5 Å². The van der Waals surface area contributed by atoms with E-state index >= 15 is 0 Å². The zero-order valence-electron chi connectivity index (χ0n) is 13.4. The summed E-state index contributed by atoms with van der Waals surface area (Å²) in [6.07, 6.45) is 0.816. The Morgan fingerprint density at radius 1 is 1.35 bits per heavy atom. The second-order valence-corrected chi connectivity index (χ2v) is 6.05. The summed E-state index contributed by atoms with van der Waals surface area (Å²) in [4.78, 5) is 36.7. The zero-order valence-corrected chi connectivity index (χ0v) is 13.4. The lowest BCUT2D eigenvalue weighted by atomic mass is 10.1. The zero-order chi connectivity index (χ0) is 17.0. The van der Waals surface area contributed by atoms with Crippen LogP contribution in [0.25, 0.3) is 0 Å². The van der Waals surface area contributed by atoms with Gasteiger partial charge >= 0.3 is 5.97 Å². The summed E-state index contributed by atoms with van der Waals surface area (Å²) in [6, 6.07) is 7.31. The predicted molar refractivity (Wildman–Crippen MR) is 84.6 cm³/mol. The van der Waals surface area contributed by atoms with Crippen LogP contribution in [0.5, 0.6) is 0 Å². The summed E-state index contributed by atoms with van der Waals surface area (Å²) in [5, 5.41) is 11.5. The molecule has 1 aliphatic rings. The van der Waals surface area contributed by atoms with Gasteiger partial charge in [-0.2, -0.15) is 0 Å². The second-order valence-electron chi connectivity index (χ2n) is 6.05. The number of hydrogen-bond acceptors (Lipinski definition) is 3. The first kappa shape index (κ1) is 17.0. The van der Waals surface area contributed by atoms with Crippen LogP contribution < -0.4 is 5.32 Å². The molecule has 0 bridgehead atoms. The van der Waals surface area contributed by atoms with Crippen molar-refractivity contribution in [2.45, 2.75) is 39.3 Å². The van der Waals surface area contributed by atoms with Crippen LogP contribution in [0.3, 0.4) is 0 Å². The number of carbonyl (C=O) groups excluding carboxylic acids is 2. The van der Waals surface area contributed by atoms with Gasteiger partial charge in [0.15, 0.2) is 0 Å². The standard InChI is InChI=1S/C17H22N2O4/c1-11-3-5-13(6-4-11)10-19-14(7-8-15(19)20)16(21)18-9-12(2)17(22)23/h3-6,12,14H,7-10H2,1-2H3,(H,18,21)(H,22,23). The van der Waals surface area contributed by atoms with Gasteiger partial charge in [0.05, 0.1) is 5.92 Å². The molecule has 6 heteroatoms. The van der Waals surface area contributed by atoms with Gasteiger partial charge in [-0.05, 0) is 18.9 Å². The van der Waals surface area contributed by atoms with Gasteiger partial charge < -0.3 is 15.3 Å². The molecule has 1 aromatic carbocycles. The van der Waals surface area contributed by atoms with Crippen LogP contribution in [0.4, 0.5) is 0 Å². The van der Waals surface area contributed by atoms with E-state index in [4.69, 9.17) is 5.11 Å². The van der Waals surface area contributed by atoms with Gasteiger partial charge in [0.25, 0.3) is 0 Å². The lowest BCUT2D eigenvalue weighted by molar-refractivity contribution is -0.141. The Morgan fingerprint density at radius 3 is 2.61 bits per heavy atom. The van der Waals surface area contributed by atoms with Crippen LogP contribution in [-0.4, -0.2) is 40.4 Å². The third-order valence-corrected chi connectivity index (χ3v) is 4.11. The Hall–Kier alpha value is -2.37. The average Bonchev–Trinajstić information content (AvgIpc) is 2.88. The summed E-state index contributed by atoms with van der Waals surface area (Å²) in [7, 11) is 0. The number of carboxylic acids is 1. The number of amides is 2. The molecule has 23 heavy (non-hydrogen) atoms. The SMILES string of the molecule is Cc1ccc(CN2C(=O)CCC2C(=O)NCC(C)C(=O)O)cc1. The van der Waals surface area contributed by atoms with Gasteiger partial charge in [-0.25, -0.2) is 0 Å². The van der Waals surface area contributed by atoms with Gasteiger partial charge in [0.2, 0.25) is 11.8 Å². The molecule has 0 aliphatic carbocycles. The number of nitrogens with zero attached hydrogens (tertiary/aromatic N) is 1. The molecule has 2 amide bonds. The molecule has 0 saturated carbocycles. The van der Waals surface area contributed by atoms with Gasteiger partial charge in [0.1, 0.15) is 6.04 Å². The molecular formula is C17H22N2O4. The number of rotatable bonds is 6. The normalized spacial score (nSPS) is 18.8. The molecule has 1 aliphatic heterocycles. The van der Waals surface area contributed by atoms with E-state index in [0.717, 1.165) is 11.1 Å². The highest BCUT2D eigenvalue weighted by molar-refractivity contribution is 5.91. The maximum Gasteiger partial charge on any atom is 0.308 e. The molecule has 0 spiro atoms. The summed E-state index contributed by atoms with van der Waals surface area (Å²) >= 11 is 0. The fourth-order valence-electron chi connectivity index (χ4n) is 2.55. The quantitative estimate of drug-likeness (QED) is 0.828. The van der Waals surface area contributed by atoms with Crippen molar-refractivity contribution in [3.8, 4) is 0 Å². The van der Waals surface area contributed by atoms with Crippen molar-refractivity contribution in [1.29, 1.82) is 0 Å². The number of hydrogen-bond donors (Lipinski definition) is 2. The monoisotopic (exact) mass is 318 g/mol. The fourth-order valence-corrected chi connectivity index (χ4v) is 2.55. The van der Waals surface area contributed by atoms with Crippen LogP contribution in [0.15, 0.2) is 24.3 Å². The molecule has 0 aromatic heterocycles. The van der Waals surface area contributed by atoms with Crippen LogP contribution >= 0.6 is 0 Å². The summed E-state index contributed by atoms with van der Waals surface area (Å²) in [5.41, 5.74) is 2.11. The minimum Gasteiger partial charge on any atom is -0.481 e. The summed E-state index contributed by atoms with van der Waals surface area (Å²) in [6.45, 7) is 3.99. The van der Waals surface area contributed by atoms with Crippen molar-refractivity contribution in [1.82, 2.24) is 10.2 Å². The number of aliphatic carboxylic acids is 1. The molecule has 6 nitrogen and oxygen atoms in total. The van der Waals surface area contributed by atoms with E-state index in [1.165, 1.54) is 6.92 Å².